The Morgan fingerprint density at radius 3 is 2.19 bits per heavy atom. The summed E-state index contributed by atoms with van der Waals surface area (Å²) in [6.45, 7) is 6.85. The van der Waals surface area contributed by atoms with Gasteiger partial charge in [0.15, 0.2) is 0 Å². The van der Waals surface area contributed by atoms with Crippen LogP contribution in [0, 0.1) is 17.4 Å². The maximum Gasteiger partial charge on any atom is 0.373 e. The molecule has 2 aromatic rings. The Balaban J connectivity index is 1.60. The van der Waals surface area contributed by atoms with Crippen molar-refractivity contribution in [3.8, 4) is 11.1 Å². The lowest BCUT2D eigenvalue weighted by Crippen LogP contribution is -2.26. The molecule has 1 saturated carbocycles. The van der Waals surface area contributed by atoms with Crippen molar-refractivity contribution in [2.75, 3.05) is 0 Å². The van der Waals surface area contributed by atoms with E-state index in [1.165, 1.54) is 0 Å². The first kappa shape index (κ1) is 18.7. The van der Waals surface area contributed by atoms with Gasteiger partial charge >= 0.3 is 5.97 Å². The molecule has 3 nitrogen and oxygen atoms in total. The fourth-order valence-corrected chi connectivity index (χ4v) is 3.56. The Morgan fingerprint density at radius 1 is 0.923 bits per heavy atom. The summed E-state index contributed by atoms with van der Waals surface area (Å²) in [4.78, 5) is 23.1. The SMILES string of the molecule is CC(C)(C)C1CC[C](OOC(=O)c2ccccc2-c2ccccc2)CC1. The number of carbonyl (C=O) groups is 1. The molecule has 0 heterocycles. The first-order chi connectivity index (χ1) is 12.4. The van der Waals surface area contributed by atoms with Gasteiger partial charge in [-0.2, -0.15) is 4.89 Å². The summed E-state index contributed by atoms with van der Waals surface area (Å²) in [6.07, 6.45) is 4.75. The minimum atomic E-state index is -0.449. The van der Waals surface area contributed by atoms with Crippen LogP contribution in [0.4, 0.5) is 0 Å². The van der Waals surface area contributed by atoms with E-state index in [0.717, 1.165) is 42.9 Å². The minimum absolute atomic E-state index is 0.316. The Kier molecular flexibility index (Phi) is 5.77. The summed E-state index contributed by atoms with van der Waals surface area (Å²) in [7, 11) is 0. The van der Waals surface area contributed by atoms with Gasteiger partial charge in [0, 0.05) is 0 Å². The van der Waals surface area contributed by atoms with Crippen LogP contribution >= 0.6 is 0 Å². The molecule has 1 aliphatic rings. The van der Waals surface area contributed by atoms with Crippen LogP contribution in [0.15, 0.2) is 54.6 Å². The van der Waals surface area contributed by atoms with E-state index in [-0.39, 0.29) is 0 Å². The molecular weight excluding hydrogens is 324 g/mol. The van der Waals surface area contributed by atoms with Crippen LogP contribution in [0.2, 0.25) is 0 Å². The van der Waals surface area contributed by atoms with Crippen molar-refractivity contribution >= 4 is 5.97 Å². The third kappa shape index (κ3) is 4.53. The van der Waals surface area contributed by atoms with Crippen molar-refractivity contribution < 1.29 is 14.6 Å². The largest absolute Gasteiger partial charge is 0.373 e. The number of carbonyl (C=O) groups excluding carboxylic acids is 1. The van der Waals surface area contributed by atoms with Gasteiger partial charge in [0.2, 0.25) is 0 Å². The van der Waals surface area contributed by atoms with Crippen molar-refractivity contribution in [3.63, 3.8) is 0 Å². The van der Waals surface area contributed by atoms with Crippen LogP contribution in [0.25, 0.3) is 11.1 Å². The molecule has 1 radical (unpaired) electrons. The highest BCUT2D eigenvalue weighted by atomic mass is 17.2. The molecule has 0 saturated heterocycles. The van der Waals surface area contributed by atoms with Crippen LogP contribution < -0.4 is 0 Å². The van der Waals surface area contributed by atoms with E-state index in [4.69, 9.17) is 9.78 Å². The van der Waals surface area contributed by atoms with E-state index in [1.807, 2.05) is 48.5 Å². The molecule has 3 heteroatoms. The molecular formula is C23H27O3. The maximum absolute atomic E-state index is 12.5. The highest BCUT2D eigenvalue weighted by molar-refractivity contribution is 5.96. The molecule has 26 heavy (non-hydrogen) atoms. The first-order valence-corrected chi connectivity index (χ1v) is 9.33. The molecule has 0 unspecified atom stereocenters. The van der Waals surface area contributed by atoms with E-state index < -0.39 is 5.97 Å². The van der Waals surface area contributed by atoms with Crippen LogP contribution in [-0.2, 0) is 9.78 Å². The van der Waals surface area contributed by atoms with Crippen molar-refractivity contribution in [3.05, 3.63) is 66.3 Å². The van der Waals surface area contributed by atoms with E-state index in [9.17, 15) is 4.79 Å². The molecule has 3 rings (SSSR count). The molecule has 1 aliphatic carbocycles. The second kappa shape index (κ2) is 8.05. The zero-order valence-electron chi connectivity index (χ0n) is 15.8. The molecule has 0 spiro atoms. The second-order valence-electron chi connectivity index (χ2n) is 8.04. The van der Waals surface area contributed by atoms with Gasteiger partial charge in [-0.3, -0.25) is 4.89 Å². The standard InChI is InChI=1S/C23H27O3/c1-23(2,3)18-13-15-19(16-14-18)25-26-22(24)21-12-8-7-11-20(21)17-9-5-4-6-10-17/h4-12,18H,13-16H2,1-3H3. The lowest BCUT2D eigenvalue weighted by atomic mass is 9.72. The van der Waals surface area contributed by atoms with E-state index >= 15 is 0 Å². The van der Waals surface area contributed by atoms with E-state index in [2.05, 4.69) is 20.8 Å². The molecule has 2 aromatic carbocycles. The average Bonchev–Trinajstić information content (AvgIpc) is 2.66. The lowest BCUT2D eigenvalue weighted by molar-refractivity contribution is -0.241. The molecule has 0 N–H and O–H groups in total. The average molecular weight is 351 g/mol. The monoisotopic (exact) mass is 351 g/mol. The normalized spacial score (nSPS) is 16.4. The topological polar surface area (TPSA) is 35.5 Å². The summed E-state index contributed by atoms with van der Waals surface area (Å²) in [6, 6.07) is 17.3. The third-order valence-corrected chi connectivity index (χ3v) is 5.23. The quantitative estimate of drug-likeness (QED) is 0.485. The fraction of sp³-hybridized carbons (Fsp3) is 0.391. The van der Waals surface area contributed by atoms with Crippen LogP contribution in [-0.4, -0.2) is 5.97 Å². The van der Waals surface area contributed by atoms with Gasteiger partial charge in [-0.15, -0.1) is 0 Å². The van der Waals surface area contributed by atoms with Crippen molar-refractivity contribution in [1.82, 2.24) is 0 Å². The number of hydrogen-bond acceptors (Lipinski definition) is 3. The van der Waals surface area contributed by atoms with Crippen molar-refractivity contribution in [1.29, 1.82) is 0 Å². The molecule has 0 amide bonds. The number of rotatable bonds is 4. The molecule has 0 atom stereocenters. The van der Waals surface area contributed by atoms with Gasteiger partial charge < -0.3 is 0 Å². The maximum atomic E-state index is 12.5. The van der Waals surface area contributed by atoms with Crippen molar-refractivity contribution in [2.24, 2.45) is 11.3 Å². The summed E-state index contributed by atoms with van der Waals surface area (Å²) >= 11 is 0. The highest BCUT2D eigenvalue weighted by Crippen LogP contribution is 2.41. The summed E-state index contributed by atoms with van der Waals surface area (Å²) in [5, 5.41) is 0. The Labute approximate surface area is 156 Å². The smallest absolute Gasteiger partial charge is 0.292 e. The van der Waals surface area contributed by atoms with Gasteiger partial charge in [0.05, 0.1) is 5.56 Å². The van der Waals surface area contributed by atoms with Crippen LogP contribution in [0.1, 0.15) is 56.8 Å². The molecule has 1 fully saturated rings. The second-order valence-corrected chi connectivity index (χ2v) is 8.04. The predicted octanol–water partition coefficient (Wildman–Crippen LogP) is 6.21. The summed E-state index contributed by atoms with van der Waals surface area (Å²) in [5.41, 5.74) is 2.67. The van der Waals surface area contributed by atoms with E-state index in [1.54, 1.807) is 6.07 Å². The van der Waals surface area contributed by atoms with Crippen molar-refractivity contribution in [2.45, 2.75) is 46.5 Å². The van der Waals surface area contributed by atoms with Gasteiger partial charge in [-0.1, -0.05) is 69.3 Å². The predicted molar refractivity (Wildman–Crippen MR) is 103 cm³/mol. The number of hydrogen-bond donors (Lipinski definition) is 0. The minimum Gasteiger partial charge on any atom is -0.292 e. The molecule has 0 aromatic heterocycles. The Hall–Kier alpha value is -2.13. The van der Waals surface area contributed by atoms with Gasteiger partial charge in [-0.05, 0) is 54.2 Å². The van der Waals surface area contributed by atoms with Crippen LogP contribution in [0.5, 0.6) is 0 Å². The fourth-order valence-electron chi connectivity index (χ4n) is 3.56. The number of benzene rings is 2. The Morgan fingerprint density at radius 2 is 1.54 bits per heavy atom. The zero-order chi connectivity index (χ0) is 18.6. The molecule has 0 aliphatic heterocycles. The molecule has 137 valence electrons. The van der Waals surface area contributed by atoms with Gasteiger partial charge in [0.1, 0.15) is 6.10 Å². The van der Waals surface area contributed by atoms with Gasteiger partial charge in [-0.25, -0.2) is 4.79 Å². The van der Waals surface area contributed by atoms with Crippen LogP contribution in [0.3, 0.4) is 0 Å². The third-order valence-electron chi connectivity index (χ3n) is 5.23. The molecule has 0 bridgehead atoms. The highest BCUT2D eigenvalue weighted by Gasteiger charge is 2.31. The first-order valence-electron chi connectivity index (χ1n) is 9.33. The zero-order valence-corrected chi connectivity index (χ0v) is 15.8. The lowest BCUT2D eigenvalue weighted by Gasteiger charge is -2.35. The van der Waals surface area contributed by atoms with Gasteiger partial charge in [0.25, 0.3) is 0 Å². The van der Waals surface area contributed by atoms with E-state index in [0.29, 0.717) is 16.9 Å². The summed E-state index contributed by atoms with van der Waals surface area (Å²) < 4.78 is 0. The summed E-state index contributed by atoms with van der Waals surface area (Å²) in [5.74, 6) is 0.235. The Bertz CT molecular complexity index is 723.